The number of nitrogens with one attached hydrogen (secondary N) is 1. The minimum atomic E-state index is -0.343. The Balaban J connectivity index is 1.93. The van der Waals surface area contributed by atoms with Gasteiger partial charge >= 0.3 is 5.97 Å². The lowest BCUT2D eigenvalue weighted by atomic mass is 10.1. The summed E-state index contributed by atoms with van der Waals surface area (Å²) < 4.78 is 10.3. The average Bonchev–Trinajstić information content (AvgIpc) is 2.39. The Bertz CT molecular complexity index is 345. The Morgan fingerprint density at radius 2 is 2.19 bits per heavy atom. The van der Waals surface area contributed by atoms with Gasteiger partial charge in [0, 0.05) is 6.54 Å². The third-order valence-electron chi connectivity index (χ3n) is 2.67. The Morgan fingerprint density at radius 1 is 1.44 bits per heavy atom. The number of carbonyl (C=O) groups excluding carboxylic acids is 1. The standard InChI is InChI=1S/C12H15NO3/c1-15-12(14)10-8-16-11(7-13-10)9-5-3-2-4-6-9/h2-6,10-11,13H,7-8H2,1H3. The Labute approximate surface area is 94.6 Å². The molecule has 1 fully saturated rings. The Hall–Kier alpha value is -1.39. The number of rotatable bonds is 2. The fourth-order valence-electron chi connectivity index (χ4n) is 1.75. The van der Waals surface area contributed by atoms with Crippen LogP contribution >= 0.6 is 0 Å². The maximum atomic E-state index is 11.2. The molecule has 0 aliphatic carbocycles. The van der Waals surface area contributed by atoms with Crippen molar-refractivity contribution in [2.75, 3.05) is 20.3 Å². The van der Waals surface area contributed by atoms with Crippen molar-refractivity contribution >= 4 is 5.97 Å². The van der Waals surface area contributed by atoms with Gasteiger partial charge in [-0.1, -0.05) is 30.3 Å². The summed E-state index contributed by atoms with van der Waals surface area (Å²) in [6.45, 7) is 0.982. The number of hydrogen-bond donors (Lipinski definition) is 1. The van der Waals surface area contributed by atoms with E-state index in [0.717, 1.165) is 5.56 Å². The molecule has 0 saturated carbocycles. The number of ether oxygens (including phenoxy) is 2. The summed E-state index contributed by atoms with van der Waals surface area (Å²) in [5.74, 6) is -0.272. The number of methoxy groups -OCH3 is 1. The van der Waals surface area contributed by atoms with Crippen molar-refractivity contribution in [3.63, 3.8) is 0 Å². The minimum absolute atomic E-state index is 0.0158. The normalized spacial score (nSPS) is 25.1. The zero-order valence-corrected chi connectivity index (χ0v) is 9.18. The second-order valence-corrected chi connectivity index (χ2v) is 3.72. The van der Waals surface area contributed by atoms with Crippen molar-refractivity contribution in [1.82, 2.24) is 5.32 Å². The Morgan fingerprint density at radius 3 is 2.75 bits per heavy atom. The third kappa shape index (κ3) is 2.40. The monoisotopic (exact) mass is 221 g/mol. The van der Waals surface area contributed by atoms with Crippen LogP contribution in [0.25, 0.3) is 0 Å². The maximum absolute atomic E-state index is 11.2. The number of benzene rings is 1. The van der Waals surface area contributed by atoms with E-state index in [1.165, 1.54) is 7.11 Å². The largest absolute Gasteiger partial charge is 0.468 e. The van der Waals surface area contributed by atoms with Gasteiger partial charge in [-0.2, -0.15) is 0 Å². The van der Waals surface area contributed by atoms with Crippen LogP contribution in [0.15, 0.2) is 30.3 Å². The van der Waals surface area contributed by atoms with Gasteiger partial charge in [0.15, 0.2) is 0 Å². The van der Waals surface area contributed by atoms with E-state index in [4.69, 9.17) is 4.74 Å². The molecule has 1 N–H and O–H groups in total. The summed E-state index contributed by atoms with van der Waals surface area (Å²) in [6, 6.07) is 9.62. The van der Waals surface area contributed by atoms with E-state index >= 15 is 0 Å². The van der Waals surface area contributed by atoms with Crippen LogP contribution in [0.1, 0.15) is 11.7 Å². The summed E-state index contributed by atoms with van der Waals surface area (Å²) in [6.07, 6.45) is 0.0158. The first-order valence-electron chi connectivity index (χ1n) is 5.29. The van der Waals surface area contributed by atoms with E-state index in [9.17, 15) is 4.79 Å². The smallest absolute Gasteiger partial charge is 0.325 e. The van der Waals surface area contributed by atoms with E-state index in [0.29, 0.717) is 13.2 Å². The molecule has 0 amide bonds. The molecule has 1 saturated heterocycles. The van der Waals surface area contributed by atoms with Crippen LogP contribution in [-0.4, -0.2) is 32.3 Å². The maximum Gasteiger partial charge on any atom is 0.325 e. The summed E-state index contributed by atoms with van der Waals surface area (Å²) in [7, 11) is 1.38. The molecule has 0 bridgehead atoms. The van der Waals surface area contributed by atoms with Crippen molar-refractivity contribution in [3.8, 4) is 0 Å². The van der Waals surface area contributed by atoms with Gasteiger partial charge in [0.2, 0.25) is 0 Å². The van der Waals surface area contributed by atoms with Crippen molar-refractivity contribution in [1.29, 1.82) is 0 Å². The molecule has 1 aliphatic heterocycles. The molecule has 86 valence electrons. The minimum Gasteiger partial charge on any atom is -0.468 e. The molecule has 4 heteroatoms. The van der Waals surface area contributed by atoms with E-state index < -0.39 is 0 Å². The molecular weight excluding hydrogens is 206 g/mol. The molecule has 0 aromatic heterocycles. The van der Waals surface area contributed by atoms with Gasteiger partial charge in [0.05, 0.1) is 19.8 Å². The zero-order valence-electron chi connectivity index (χ0n) is 9.18. The van der Waals surface area contributed by atoms with E-state index in [-0.39, 0.29) is 18.1 Å². The van der Waals surface area contributed by atoms with Crippen molar-refractivity contribution < 1.29 is 14.3 Å². The summed E-state index contributed by atoms with van der Waals surface area (Å²) in [5.41, 5.74) is 1.12. The van der Waals surface area contributed by atoms with Crippen LogP contribution in [0.3, 0.4) is 0 Å². The lowest BCUT2D eigenvalue weighted by molar-refractivity contribution is -0.147. The molecule has 1 aliphatic rings. The van der Waals surface area contributed by atoms with Gasteiger partial charge in [-0.3, -0.25) is 10.1 Å². The molecule has 4 nitrogen and oxygen atoms in total. The first-order valence-corrected chi connectivity index (χ1v) is 5.29. The van der Waals surface area contributed by atoms with Crippen LogP contribution < -0.4 is 5.32 Å². The van der Waals surface area contributed by atoms with Gasteiger partial charge in [-0.25, -0.2) is 0 Å². The third-order valence-corrected chi connectivity index (χ3v) is 2.67. The predicted molar refractivity (Wildman–Crippen MR) is 58.9 cm³/mol. The molecule has 0 spiro atoms. The highest BCUT2D eigenvalue weighted by molar-refractivity contribution is 5.75. The zero-order chi connectivity index (χ0) is 11.4. The molecule has 0 radical (unpaired) electrons. The topological polar surface area (TPSA) is 47.6 Å². The summed E-state index contributed by atoms with van der Waals surface area (Å²) >= 11 is 0. The molecular formula is C12H15NO3. The molecule has 2 unspecified atom stereocenters. The van der Waals surface area contributed by atoms with Crippen LogP contribution in [0, 0.1) is 0 Å². The molecule has 2 atom stereocenters. The highest BCUT2D eigenvalue weighted by Gasteiger charge is 2.27. The van der Waals surface area contributed by atoms with Gasteiger partial charge in [0.1, 0.15) is 6.04 Å². The molecule has 1 aromatic carbocycles. The Kier molecular flexibility index (Phi) is 3.54. The van der Waals surface area contributed by atoms with Crippen molar-refractivity contribution in [3.05, 3.63) is 35.9 Å². The van der Waals surface area contributed by atoms with E-state index in [1.807, 2.05) is 30.3 Å². The van der Waals surface area contributed by atoms with Crippen LogP contribution in [0.4, 0.5) is 0 Å². The fourth-order valence-corrected chi connectivity index (χ4v) is 1.75. The SMILES string of the molecule is COC(=O)C1COC(c2ccccc2)CN1. The van der Waals surface area contributed by atoms with Crippen molar-refractivity contribution in [2.45, 2.75) is 12.1 Å². The van der Waals surface area contributed by atoms with Gasteiger partial charge in [0.25, 0.3) is 0 Å². The lowest BCUT2D eigenvalue weighted by Gasteiger charge is -2.29. The van der Waals surface area contributed by atoms with Crippen LogP contribution in [0.2, 0.25) is 0 Å². The lowest BCUT2D eigenvalue weighted by Crippen LogP contribution is -2.48. The average molecular weight is 221 g/mol. The second kappa shape index (κ2) is 5.09. The first kappa shape index (κ1) is 11.1. The molecule has 2 rings (SSSR count). The number of carbonyl (C=O) groups is 1. The summed E-state index contributed by atoms with van der Waals surface area (Å²) in [4.78, 5) is 11.2. The highest BCUT2D eigenvalue weighted by Crippen LogP contribution is 2.19. The molecule has 1 aromatic rings. The van der Waals surface area contributed by atoms with Crippen molar-refractivity contribution in [2.24, 2.45) is 0 Å². The van der Waals surface area contributed by atoms with E-state index in [2.05, 4.69) is 10.1 Å². The number of esters is 1. The summed E-state index contributed by atoms with van der Waals surface area (Å²) in [5, 5.41) is 3.12. The second-order valence-electron chi connectivity index (χ2n) is 3.72. The molecule has 16 heavy (non-hydrogen) atoms. The van der Waals surface area contributed by atoms with Crippen LogP contribution in [0.5, 0.6) is 0 Å². The number of morpholine rings is 1. The predicted octanol–water partition coefficient (Wildman–Crippen LogP) is 0.889. The van der Waals surface area contributed by atoms with Crippen LogP contribution in [-0.2, 0) is 14.3 Å². The molecule has 1 heterocycles. The van der Waals surface area contributed by atoms with Gasteiger partial charge < -0.3 is 9.47 Å². The first-order chi connectivity index (χ1) is 7.81. The highest BCUT2D eigenvalue weighted by atomic mass is 16.5. The fraction of sp³-hybridized carbons (Fsp3) is 0.417. The quantitative estimate of drug-likeness (QED) is 0.753. The van der Waals surface area contributed by atoms with E-state index in [1.54, 1.807) is 0 Å². The number of hydrogen-bond acceptors (Lipinski definition) is 4. The van der Waals surface area contributed by atoms with Gasteiger partial charge in [-0.05, 0) is 5.56 Å². The van der Waals surface area contributed by atoms with Gasteiger partial charge in [-0.15, -0.1) is 0 Å².